The molecule has 6 nitrogen and oxygen atoms in total. The van der Waals surface area contributed by atoms with E-state index in [1.165, 1.54) is 7.05 Å². The van der Waals surface area contributed by atoms with Crippen LogP contribution in [0.2, 0.25) is 0 Å². The second kappa shape index (κ2) is 6.36. The van der Waals surface area contributed by atoms with Gasteiger partial charge in [0, 0.05) is 13.6 Å². The van der Waals surface area contributed by atoms with Gasteiger partial charge in [-0.15, -0.1) is 0 Å². The van der Waals surface area contributed by atoms with Crippen LogP contribution in [0.15, 0.2) is 30.3 Å². The summed E-state index contributed by atoms with van der Waals surface area (Å²) in [6.07, 6.45) is -0.637. The molecule has 1 N–H and O–H groups in total. The average molecular weight is 273 g/mol. The molecular weight excluding hydrogens is 258 g/mol. The first kappa shape index (κ1) is 14.5. The zero-order valence-electron chi connectivity index (χ0n) is 9.94. The van der Waals surface area contributed by atoms with Crippen LogP contribution in [-0.2, 0) is 21.5 Å². The molecule has 0 aromatic heterocycles. The predicted molar refractivity (Wildman–Crippen MR) is 65.7 cm³/mol. The van der Waals surface area contributed by atoms with Crippen molar-refractivity contribution in [2.24, 2.45) is 0 Å². The van der Waals surface area contributed by atoms with E-state index in [-0.39, 0.29) is 13.2 Å². The Hall–Kier alpha value is -1.60. The van der Waals surface area contributed by atoms with Crippen molar-refractivity contribution in [3.05, 3.63) is 35.9 Å². The molecule has 0 radical (unpaired) electrons. The standard InChI is InChI=1S/C11H15NO5S/c1-12(7-8-18(14,15)16)11(13)17-9-10-5-3-2-4-6-10/h2-6H,7-9H2,1H3,(H,14,15,16). The fourth-order valence-electron chi connectivity index (χ4n) is 1.17. The summed E-state index contributed by atoms with van der Waals surface area (Å²) in [5.41, 5.74) is 0.842. The number of hydrogen-bond acceptors (Lipinski definition) is 4. The summed E-state index contributed by atoms with van der Waals surface area (Å²) >= 11 is 0. The van der Waals surface area contributed by atoms with Gasteiger partial charge in [-0.05, 0) is 5.56 Å². The maximum atomic E-state index is 11.5. The highest BCUT2D eigenvalue weighted by Gasteiger charge is 2.13. The van der Waals surface area contributed by atoms with E-state index >= 15 is 0 Å². The summed E-state index contributed by atoms with van der Waals surface area (Å²) in [5.74, 6) is -0.510. The summed E-state index contributed by atoms with van der Waals surface area (Å²) in [6.45, 7) is 0.00233. The SMILES string of the molecule is CN(CCS(=O)(=O)O)C(=O)OCc1ccccc1. The van der Waals surface area contributed by atoms with Gasteiger partial charge in [-0.1, -0.05) is 30.3 Å². The number of rotatable bonds is 5. The summed E-state index contributed by atoms with van der Waals surface area (Å²) < 4.78 is 34.5. The van der Waals surface area contributed by atoms with Crippen molar-refractivity contribution in [3.63, 3.8) is 0 Å². The summed E-state index contributed by atoms with van der Waals surface area (Å²) in [4.78, 5) is 12.6. The molecule has 0 saturated carbocycles. The van der Waals surface area contributed by atoms with Crippen LogP contribution < -0.4 is 0 Å². The Labute approximate surface area is 106 Å². The number of hydrogen-bond donors (Lipinski definition) is 1. The molecule has 1 aromatic carbocycles. The third kappa shape index (κ3) is 5.65. The van der Waals surface area contributed by atoms with Gasteiger partial charge in [0.1, 0.15) is 6.61 Å². The molecule has 1 aromatic rings. The van der Waals surface area contributed by atoms with Crippen molar-refractivity contribution < 1.29 is 22.5 Å². The van der Waals surface area contributed by atoms with Crippen LogP contribution in [-0.4, -0.2) is 43.3 Å². The second-order valence-corrected chi connectivity index (χ2v) is 5.32. The van der Waals surface area contributed by atoms with Crippen LogP contribution >= 0.6 is 0 Å². The summed E-state index contributed by atoms with van der Waals surface area (Å²) in [7, 11) is -2.67. The Morgan fingerprint density at radius 2 is 1.94 bits per heavy atom. The highest BCUT2D eigenvalue weighted by Crippen LogP contribution is 2.02. The second-order valence-electron chi connectivity index (χ2n) is 3.75. The van der Waals surface area contributed by atoms with E-state index in [1.807, 2.05) is 30.3 Å². The zero-order chi connectivity index (χ0) is 13.6. The van der Waals surface area contributed by atoms with E-state index in [1.54, 1.807) is 0 Å². The van der Waals surface area contributed by atoms with Gasteiger partial charge in [0.2, 0.25) is 0 Å². The van der Waals surface area contributed by atoms with E-state index in [2.05, 4.69) is 0 Å². The van der Waals surface area contributed by atoms with Crippen LogP contribution in [0.25, 0.3) is 0 Å². The number of benzene rings is 1. The average Bonchev–Trinajstić information content (AvgIpc) is 2.33. The third-order valence-corrected chi connectivity index (χ3v) is 2.90. The molecule has 0 bridgehead atoms. The molecular formula is C11H15NO5S. The molecule has 0 aliphatic carbocycles. The molecule has 1 amide bonds. The highest BCUT2D eigenvalue weighted by atomic mass is 32.2. The minimum Gasteiger partial charge on any atom is -0.445 e. The fourth-order valence-corrected chi connectivity index (χ4v) is 1.68. The molecule has 0 heterocycles. The number of carbonyl (C=O) groups is 1. The highest BCUT2D eigenvalue weighted by molar-refractivity contribution is 7.85. The Morgan fingerprint density at radius 1 is 1.33 bits per heavy atom. The molecule has 0 unspecified atom stereocenters. The maximum absolute atomic E-state index is 11.5. The molecule has 0 aliphatic rings. The molecule has 0 atom stereocenters. The number of amides is 1. The maximum Gasteiger partial charge on any atom is 0.409 e. The van der Waals surface area contributed by atoms with E-state index < -0.39 is 22.0 Å². The quantitative estimate of drug-likeness (QED) is 0.813. The van der Waals surface area contributed by atoms with Crippen molar-refractivity contribution in [1.29, 1.82) is 0 Å². The van der Waals surface area contributed by atoms with Crippen LogP contribution in [0, 0.1) is 0 Å². The first-order valence-electron chi connectivity index (χ1n) is 5.25. The number of nitrogens with zero attached hydrogens (tertiary/aromatic N) is 1. The topological polar surface area (TPSA) is 83.9 Å². The van der Waals surface area contributed by atoms with Crippen LogP contribution in [0.1, 0.15) is 5.56 Å². The van der Waals surface area contributed by atoms with Crippen LogP contribution in [0.3, 0.4) is 0 Å². The van der Waals surface area contributed by atoms with Gasteiger partial charge >= 0.3 is 6.09 Å². The summed E-state index contributed by atoms with van der Waals surface area (Å²) in [6, 6.07) is 9.12. The Balaban J connectivity index is 2.37. The number of ether oxygens (including phenoxy) is 1. The minimum absolute atomic E-state index is 0.119. The van der Waals surface area contributed by atoms with Crippen molar-refractivity contribution in [2.75, 3.05) is 19.3 Å². The van der Waals surface area contributed by atoms with Gasteiger partial charge in [-0.3, -0.25) is 4.55 Å². The molecule has 7 heteroatoms. The van der Waals surface area contributed by atoms with E-state index in [9.17, 15) is 13.2 Å². The van der Waals surface area contributed by atoms with E-state index in [0.717, 1.165) is 10.5 Å². The van der Waals surface area contributed by atoms with Crippen molar-refractivity contribution in [3.8, 4) is 0 Å². The predicted octanol–water partition coefficient (Wildman–Crippen LogP) is 1.14. The fraction of sp³-hybridized carbons (Fsp3) is 0.364. The minimum atomic E-state index is -4.07. The molecule has 0 spiro atoms. The van der Waals surface area contributed by atoms with Gasteiger partial charge in [-0.2, -0.15) is 8.42 Å². The van der Waals surface area contributed by atoms with Crippen molar-refractivity contribution in [2.45, 2.75) is 6.61 Å². The van der Waals surface area contributed by atoms with Gasteiger partial charge in [0.25, 0.3) is 10.1 Å². The smallest absolute Gasteiger partial charge is 0.409 e. The molecule has 0 saturated heterocycles. The van der Waals surface area contributed by atoms with Crippen LogP contribution in [0.4, 0.5) is 4.79 Å². The molecule has 0 fully saturated rings. The zero-order valence-corrected chi connectivity index (χ0v) is 10.8. The van der Waals surface area contributed by atoms with Gasteiger partial charge < -0.3 is 9.64 Å². The molecule has 1 rings (SSSR count). The lowest BCUT2D eigenvalue weighted by atomic mass is 10.2. The molecule has 0 aliphatic heterocycles. The van der Waals surface area contributed by atoms with Crippen molar-refractivity contribution in [1.82, 2.24) is 4.90 Å². The van der Waals surface area contributed by atoms with E-state index in [4.69, 9.17) is 9.29 Å². The molecule has 18 heavy (non-hydrogen) atoms. The van der Waals surface area contributed by atoms with Gasteiger partial charge in [-0.25, -0.2) is 4.79 Å². The van der Waals surface area contributed by atoms with Crippen LogP contribution in [0.5, 0.6) is 0 Å². The van der Waals surface area contributed by atoms with E-state index in [0.29, 0.717) is 0 Å². The normalized spacial score (nSPS) is 11.0. The third-order valence-electron chi connectivity index (χ3n) is 2.20. The first-order valence-corrected chi connectivity index (χ1v) is 6.86. The lowest BCUT2D eigenvalue weighted by Gasteiger charge is -2.16. The van der Waals surface area contributed by atoms with Crippen molar-refractivity contribution >= 4 is 16.2 Å². The lowest BCUT2D eigenvalue weighted by Crippen LogP contribution is -2.31. The van der Waals surface area contributed by atoms with Gasteiger partial charge in [0.05, 0.1) is 5.75 Å². The number of carbonyl (C=O) groups excluding carboxylic acids is 1. The Kier molecular flexibility index (Phi) is 5.11. The van der Waals surface area contributed by atoms with Gasteiger partial charge in [0.15, 0.2) is 0 Å². The summed E-state index contributed by atoms with van der Waals surface area (Å²) in [5, 5.41) is 0. The largest absolute Gasteiger partial charge is 0.445 e. The Morgan fingerprint density at radius 3 is 2.50 bits per heavy atom. The monoisotopic (exact) mass is 273 g/mol. The Bertz CT molecular complexity index is 485. The first-order chi connectivity index (χ1) is 8.38. The molecule has 100 valence electrons. The lowest BCUT2D eigenvalue weighted by molar-refractivity contribution is 0.106.